The van der Waals surface area contributed by atoms with Gasteiger partial charge in [-0.2, -0.15) is 0 Å². The molecule has 5 heteroatoms. The minimum absolute atomic E-state index is 0.00569. The lowest BCUT2D eigenvalue weighted by molar-refractivity contribution is 0.0685. The number of hydrogen-bond acceptors (Lipinski definition) is 4. The largest absolute Gasteiger partial charge is 0.372 e. The summed E-state index contributed by atoms with van der Waals surface area (Å²) in [6, 6.07) is 8.34. The van der Waals surface area contributed by atoms with Crippen molar-refractivity contribution < 1.29 is 9.32 Å². The summed E-state index contributed by atoms with van der Waals surface area (Å²) in [5, 5.41) is 3.91. The highest BCUT2D eigenvalue weighted by Gasteiger charge is 2.30. The van der Waals surface area contributed by atoms with Crippen molar-refractivity contribution >= 4 is 11.6 Å². The van der Waals surface area contributed by atoms with Crippen LogP contribution in [-0.4, -0.2) is 35.6 Å². The monoisotopic (exact) mass is 299 g/mol. The Morgan fingerprint density at radius 3 is 2.73 bits per heavy atom. The number of para-hydroxylation sites is 1. The van der Waals surface area contributed by atoms with E-state index < -0.39 is 0 Å². The minimum Gasteiger partial charge on any atom is -0.372 e. The lowest BCUT2D eigenvalue weighted by Gasteiger charge is -2.28. The molecule has 22 heavy (non-hydrogen) atoms. The molecular formula is C17H21N3O2. The Morgan fingerprint density at radius 2 is 2.05 bits per heavy atom. The Hall–Kier alpha value is -2.30. The maximum atomic E-state index is 13.0. The number of likely N-dealkylation sites (N-methyl/N-ethyl adjacent to an activating group) is 1. The first-order valence-electron chi connectivity index (χ1n) is 7.52. The van der Waals surface area contributed by atoms with Gasteiger partial charge in [0.1, 0.15) is 11.3 Å². The predicted molar refractivity (Wildman–Crippen MR) is 85.0 cm³/mol. The summed E-state index contributed by atoms with van der Waals surface area (Å²) < 4.78 is 5.16. The zero-order valence-corrected chi connectivity index (χ0v) is 13.5. The Morgan fingerprint density at radius 1 is 1.32 bits per heavy atom. The topological polar surface area (TPSA) is 49.6 Å². The normalized spacial score (nSPS) is 18.1. The second-order valence-electron chi connectivity index (χ2n) is 5.99. The number of anilines is 1. The van der Waals surface area contributed by atoms with E-state index in [0.29, 0.717) is 23.6 Å². The van der Waals surface area contributed by atoms with Gasteiger partial charge < -0.3 is 14.3 Å². The molecular weight excluding hydrogens is 278 g/mol. The smallest absolute Gasteiger partial charge is 0.259 e. The molecule has 0 bridgehead atoms. The fourth-order valence-corrected chi connectivity index (χ4v) is 3.15. The molecule has 1 amide bonds. The fraction of sp³-hybridized carbons (Fsp3) is 0.412. The van der Waals surface area contributed by atoms with Crippen LogP contribution in [-0.2, 0) is 6.54 Å². The highest BCUT2D eigenvalue weighted by Crippen LogP contribution is 2.28. The maximum absolute atomic E-state index is 13.0. The Labute approximate surface area is 130 Å². The number of amides is 1. The molecule has 0 fully saturated rings. The first-order valence-corrected chi connectivity index (χ1v) is 7.52. The van der Waals surface area contributed by atoms with Gasteiger partial charge >= 0.3 is 0 Å². The van der Waals surface area contributed by atoms with Gasteiger partial charge in [0.15, 0.2) is 0 Å². The van der Waals surface area contributed by atoms with Crippen LogP contribution in [0.4, 0.5) is 5.69 Å². The number of benzene rings is 1. The molecule has 1 aromatic carbocycles. The van der Waals surface area contributed by atoms with Crippen molar-refractivity contribution in [3.8, 4) is 0 Å². The molecule has 0 N–H and O–H groups in total. The average molecular weight is 299 g/mol. The second kappa shape index (κ2) is 5.48. The van der Waals surface area contributed by atoms with Gasteiger partial charge in [0.05, 0.1) is 5.69 Å². The summed E-state index contributed by atoms with van der Waals surface area (Å²) in [4.78, 5) is 17.1. The Bertz CT molecular complexity index is 688. The van der Waals surface area contributed by atoms with Crippen molar-refractivity contribution in [3.63, 3.8) is 0 Å². The van der Waals surface area contributed by atoms with E-state index in [4.69, 9.17) is 4.52 Å². The summed E-state index contributed by atoms with van der Waals surface area (Å²) in [5.74, 6) is 0.578. The van der Waals surface area contributed by atoms with Gasteiger partial charge in [-0.05, 0) is 32.4 Å². The molecule has 3 rings (SSSR count). The zero-order chi connectivity index (χ0) is 15.9. The van der Waals surface area contributed by atoms with Gasteiger partial charge in [-0.3, -0.25) is 4.79 Å². The molecule has 0 radical (unpaired) electrons. The van der Waals surface area contributed by atoms with Crippen molar-refractivity contribution in [3.05, 3.63) is 46.8 Å². The summed E-state index contributed by atoms with van der Waals surface area (Å²) in [7, 11) is 2.07. The molecule has 1 unspecified atom stereocenters. The Balaban J connectivity index is 1.99. The first kappa shape index (κ1) is 14.6. The molecule has 116 valence electrons. The van der Waals surface area contributed by atoms with Crippen LogP contribution in [0.25, 0.3) is 0 Å². The van der Waals surface area contributed by atoms with E-state index in [2.05, 4.69) is 36.2 Å². The first-order chi connectivity index (χ1) is 10.5. The molecule has 0 saturated heterocycles. The van der Waals surface area contributed by atoms with Gasteiger partial charge in [-0.1, -0.05) is 23.4 Å². The number of aromatic nitrogens is 1. The van der Waals surface area contributed by atoms with Gasteiger partial charge in [0, 0.05) is 31.9 Å². The maximum Gasteiger partial charge on any atom is 0.259 e. The zero-order valence-electron chi connectivity index (χ0n) is 13.5. The molecule has 0 spiro atoms. The van der Waals surface area contributed by atoms with Gasteiger partial charge in [-0.15, -0.1) is 0 Å². The van der Waals surface area contributed by atoms with E-state index in [0.717, 1.165) is 12.1 Å². The number of carbonyl (C=O) groups excluding carboxylic acids is 1. The number of aryl methyl sites for hydroxylation is 2. The van der Waals surface area contributed by atoms with E-state index >= 15 is 0 Å². The van der Waals surface area contributed by atoms with E-state index in [1.54, 1.807) is 6.92 Å². The summed E-state index contributed by atoms with van der Waals surface area (Å²) in [6.07, 6.45) is 0. The Kier molecular flexibility index (Phi) is 3.64. The number of nitrogens with zero attached hydrogens (tertiary/aromatic N) is 3. The highest BCUT2D eigenvalue weighted by atomic mass is 16.5. The number of fused-ring (bicyclic) bond motifs is 1. The standard InChI is InChI=1S/C17H21N3O2/c1-11-9-19(4)15-8-6-5-7-14(15)10-20(11)17(21)16-12(2)18-22-13(16)3/h5-8,11H,9-10H2,1-4H3. The van der Waals surface area contributed by atoms with Crippen LogP contribution < -0.4 is 4.90 Å². The van der Waals surface area contributed by atoms with Crippen LogP contribution in [0.1, 0.15) is 34.3 Å². The fourth-order valence-electron chi connectivity index (χ4n) is 3.15. The lowest BCUT2D eigenvalue weighted by atomic mass is 10.1. The van der Waals surface area contributed by atoms with Crippen LogP contribution in [0.2, 0.25) is 0 Å². The molecule has 1 aromatic heterocycles. The molecule has 2 aromatic rings. The third-order valence-corrected chi connectivity index (χ3v) is 4.32. The SMILES string of the molecule is Cc1noc(C)c1C(=O)N1Cc2ccccc2N(C)CC1C. The number of rotatable bonds is 1. The molecule has 1 aliphatic rings. The van der Waals surface area contributed by atoms with Crippen LogP contribution in [0.3, 0.4) is 0 Å². The number of hydrogen-bond donors (Lipinski definition) is 0. The van der Waals surface area contributed by atoms with E-state index in [1.165, 1.54) is 5.69 Å². The molecule has 5 nitrogen and oxygen atoms in total. The number of carbonyl (C=O) groups is 1. The van der Waals surface area contributed by atoms with Gasteiger partial charge in [0.25, 0.3) is 5.91 Å². The van der Waals surface area contributed by atoms with E-state index in [-0.39, 0.29) is 11.9 Å². The van der Waals surface area contributed by atoms with Crippen molar-refractivity contribution in [1.82, 2.24) is 10.1 Å². The quantitative estimate of drug-likeness (QED) is 0.812. The van der Waals surface area contributed by atoms with Crippen molar-refractivity contribution in [2.45, 2.75) is 33.4 Å². The predicted octanol–water partition coefficient (Wildman–Crippen LogP) is 2.77. The summed E-state index contributed by atoms with van der Waals surface area (Å²) in [5.41, 5.74) is 3.59. The lowest BCUT2D eigenvalue weighted by Crippen LogP contribution is -2.42. The third kappa shape index (κ3) is 2.36. The van der Waals surface area contributed by atoms with E-state index in [9.17, 15) is 4.79 Å². The van der Waals surface area contributed by atoms with Crippen LogP contribution >= 0.6 is 0 Å². The van der Waals surface area contributed by atoms with Crippen LogP contribution in [0.15, 0.2) is 28.8 Å². The van der Waals surface area contributed by atoms with Crippen LogP contribution in [0.5, 0.6) is 0 Å². The summed E-state index contributed by atoms with van der Waals surface area (Å²) >= 11 is 0. The van der Waals surface area contributed by atoms with Gasteiger partial charge in [-0.25, -0.2) is 0 Å². The van der Waals surface area contributed by atoms with Crippen molar-refractivity contribution in [2.75, 3.05) is 18.5 Å². The second-order valence-corrected chi connectivity index (χ2v) is 5.99. The van der Waals surface area contributed by atoms with E-state index in [1.807, 2.05) is 24.0 Å². The molecule has 1 aliphatic heterocycles. The van der Waals surface area contributed by atoms with Crippen molar-refractivity contribution in [1.29, 1.82) is 0 Å². The molecule has 0 saturated carbocycles. The third-order valence-electron chi connectivity index (χ3n) is 4.32. The van der Waals surface area contributed by atoms with Gasteiger partial charge in [0.2, 0.25) is 0 Å². The minimum atomic E-state index is -0.00569. The molecule has 0 aliphatic carbocycles. The highest BCUT2D eigenvalue weighted by molar-refractivity contribution is 5.96. The van der Waals surface area contributed by atoms with Crippen LogP contribution in [0, 0.1) is 13.8 Å². The molecule has 1 atom stereocenters. The summed E-state index contributed by atoms with van der Waals surface area (Å²) in [6.45, 7) is 7.08. The molecule has 2 heterocycles. The van der Waals surface area contributed by atoms with Crippen molar-refractivity contribution in [2.24, 2.45) is 0 Å². The average Bonchev–Trinajstić information content (AvgIpc) is 2.76.